The number of benzene rings is 2. The van der Waals surface area contributed by atoms with Crippen LogP contribution in [0.5, 0.6) is 11.5 Å². The van der Waals surface area contributed by atoms with Crippen molar-refractivity contribution in [1.82, 2.24) is 5.32 Å². The van der Waals surface area contributed by atoms with Crippen LogP contribution in [0.25, 0.3) is 0 Å². The van der Waals surface area contributed by atoms with E-state index in [2.05, 4.69) is 17.4 Å². The van der Waals surface area contributed by atoms with E-state index in [0.29, 0.717) is 12.0 Å². The van der Waals surface area contributed by atoms with E-state index in [0.717, 1.165) is 36.4 Å². The molecule has 4 heteroatoms. The van der Waals surface area contributed by atoms with Gasteiger partial charge < -0.3 is 15.5 Å². The van der Waals surface area contributed by atoms with Gasteiger partial charge in [0.2, 0.25) is 0 Å². The van der Waals surface area contributed by atoms with Crippen LogP contribution in [0, 0.1) is 5.92 Å². The average molecular weight is 346 g/mol. The minimum absolute atomic E-state index is 0.0378. The number of phenols is 2. The first-order valence-electron chi connectivity index (χ1n) is 8.59. The zero-order valence-corrected chi connectivity index (χ0v) is 14.5. The van der Waals surface area contributed by atoms with Crippen LogP contribution in [0.2, 0.25) is 5.02 Å². The maximum absolute atomic E-state index is 9.59. The topological polar surface area (TPSA) is 52.5 Å². The minimum atomic E-state index is -0.0578. The Kier molecular flexibility index (Phi) is 5.64. The van der Waals surface area contributed by atoms with Gasteiger partial charge >= 0.3 is 0 Å². The quantitative estimate of drug-likeness (QED) is 0.708. The Balaban J connectivity index is 1.43. The van der Waals surface area contributed by atoms with E-state index < -0.39 is 0 Å². The van der Waals surface area contributed by atoms with Crippen molar-refractivity contribution in [2.45, 2.75) is 38.1 Å². The van der Waals surface area contributed by atoms with Gasteiger partial charge in [-0.3, -0.25) is 0 Å². The summed E-state index contributed by atoms with van der Waals surface area (Å²) in [6.07, 6.45) is 5.56. The zero-order chi connectivity index (χ0) is 16.9. The number of phenolic OH excluding ortho intramolecular Hbond substituents is 2. The highest BCUT2D eigenvalue weighted by atomic mass is 35.5. The van der Waals surface area contributed by atoms with Crippen molar-refractivity contribution in [3.63, 3.8) is 0 Å². The molecule has 1 saturated heterocycles. The highest BCUT2D eigenvalue weighted by Gasteiger charge is 2.20. The summed E-state index contributed by atoms with van der Waals surface area (Å²) in [6.45, 7) is 1.04. The molecule has 1 aliphatic rings. The lowest BCUT2D eigenvalue weighted by molar-refractivity contribution is 0.296. The average Bonchev–Trinajstić information content (AvgIpc) is 2.59. The van der Waals surface area contributed by atoms with E-state index in [4.69, 9.17) is 11.6 Å². The van der Waals surface area contributed by atoms with Crippen LogP contribution in [-0.2, 0) is 12.8 Å². The van der Waals surface area contributed by atoms with Crippen LogP contribution in [0.3, 0.4) is 0 Å². The van der Waals surface area contributed by atoms with Crippen LogP contribution in [-0.4, -0.2) is 22.8 Å². The molecular formula is C20H24ClNO2. The second kappa shape index (κ2) is 7.91. The standard InChI is InChI=1S/C20H24ClNO2/c21-17-7-3-14(4-8-17)1-2-15-5-9-18(22-13-15)11-16-6-10-19(23)20(24)12-16/h3-4,6-8,10,12,15,18,22-24H,1-2,5,9,11,13H2. The third kappa shape index (κ3) is 4.65. The van der Waals surface area contributed by atoms with Crippen LogP contribution < -0.4 is 5.32 Å². The lowest BCUT2D eigenvalue weighted by Gasteiger charge is -2.30. The molecule has 1 heterocycles. The van der Waals surface area contributed by atoms with Gasteiger partial charge in [-0.05, 0) is 80.0 Å². The van der Waals surface area contributed by atoms with Crippen molar-refractivity contribution in [2.75, 3.05) is 6.54 Å². The fourth-order valence-electron chi connectivity index (χ4n) is 3.40. The number of piperidine rings is 1. The van der Waals surface area contributed by atoms with Gasteiger partial charge in [0.1, 0.15) is 0 Å². The Morgan fingerprint density at radius 3 is 2.38 bits per heavy atom. The summed E-state index contributed by atoms with van der Waals surface area (Å²) in [5.74, 6) is 0.618. The SMILES string of the molecule is Oc1ccc(CC2CCC(CCc3ccc(Cl)cc3)CN2)cc1O. The molecule has 0 saturated carbocycles. The predicted octanol–water partition coefficient (Wildman–Crippen LogP) is 4.29. The Morgan fingerprint density at radius 2 is 1.71 bits per heavy atom. The van der Waals surface area contributed by atoms with E-state index in [1.165, 1.54) is 18.4 Å². The van der Waals surface area contributed by atoms with Crippen LogP contribution >= 0.6 is 11.6 Å². The van der Waals surface area contributed by atoms with Gasteiger partial charge in [0, 0.05) is 11.1 Å². The molecule has 0 aromatic heterocycles. The monoisotopic (exact) mass is 345 g/mol. The van der Waals surface area contributed by atoms with Crippen LogP contribution in [0.1, 0.15) is 30.4 Å². The van der Waals surface area contributed by atoms with Crippen molar-refractivity contribution in [1.29, 1.82) is 0 Å². The van der Waals surface area contributed by atoms with Crippen molar-refractivity contribution < 1.29 is 10.2 Å². The molecule has 1 fully saturated rings. The number of hydrogen-bond donors (Lipinski definition) is 3. The molecule has 3 N–H and O–H groups in total. The Morgan fingerprint density at radius 1 is 0.958 bits per heavy atom. The lowest BCUT2D eigenvalue weighted by Crippen LogP contribution is -2.40. The lowest BCUT2D eigenvalue weighted by atomic mass is 9.88. The third-order valence-electron chi connectivity index (χ3n) is 4.90. The summed E-state index contributed by atoms with van der Waals surface area (Å²) in [4.78, 5) is 0. The van der Waals surface area contributed by atoms with Gasteiger partial charge in [0.05, 0.1) is 0 Å². The summed E-state index contributed by atoms with van der Waals surface area (Å²) in [7, 11) is 0. The van der Waals surface area contributed by atoms with Crippen LogP contribution in [0.15, 0.2) is 42.5 Å². The number of rotatable bonds is 5. The Labute approximate surface area is 148 Å². The molecule has 0 bridgehead atoms. The first kappa shape index (κ1) is 17.1. The van der Waals surface area contributed by atoms with Crippen LogP contribution in [0.4, 0.5) is 0 Å². The van der Waals surface area contributed by atoms with Gasteiger partial charge in [-0.2, -0.15) is 0 Å². The maximum Gasteiger partial charge on any atom is 0.157 e. The molecule has 3 rings (SSSR count). The first-order valence-corrected chi connectivity index (χ1v) is 8.96. The number of aromatic hydroxyl groups is 2. The molecular weight excluding hydrogens is 322 g/mol. The van der Waals surface area contributed by atoms with Gasteiger partial charge in [-0.25, -0.2) is 0 Å². The van der Waals surface area contributed by atoms with E-state index in [-0.39, 0.29) is 11.5 Å². The molecule has 128 valence electrons. The number of halogens is 1. The summed E-state index contributed by atoms with van der Waals surface area (Å²) < 4.78 is 0. The van der Waals surface area contributed by atoms with Crippen molar-refractivity contribution in [3.05, 3.63) is 58.6 Å². The molecule has 0 aliphatic carbocycles. The molecule has 24 heavy (non-hydrogen) atoms. The van der Waals surface area contributed by atoms with Crippen molar-refractivity contribution in [2.24, 2.45) is 5.92 Å². The zero-order valence-electron chi connectivity index (χ0n) is 13.7. The molecule has 2 aromatic carbocycles. The van der Waals surface area contributed by atoms with E-state index in [1.54, 1.807) is 12.1 Å². The smallest absolute Gasteiger partial charge is 0.157 e. The molecule has 0 amide bonds. The molecule has 2 atom stereocenters. The van der Waals surface area contributed by atoms with Gasteiger partial charge in [0.15, 0.2) is 11.5 Å². The third-order valence-corrected chi connectivity index (χ3v) is 5.15. The maximum atomic E-state index is 9.59. The van der Waals surface area contributed by atoms with Gasteiger partial charge in [-0.1, -0.05) is 29.8 Å². The van der Waals surface area contributed by atoms with Gasteiger partial charge in [0.25, 0.3) is 0 Å². The van der Waals surface area contributed by atoms with E-state index in [1.807, 2.05) is 18.2 Å². The predicted molar refractivity (Wildman–Crippen MR) is 97.8 cm³/mol. The number of aryl methyl sites for hydroxylation is 1. The molecule has 2 unspecified atom stereocenters. The molecule has 0 spiro atoms. The largest absolute Gasteiger partial charge is 0.504 e. The summed E-state index contributed by atoms with van der Waals surface area (Å²) in [6, 6.07) is 13.7. The fourth-order valence-corrected chi connectivity index (χ4v) is 3.52. The number of hydrogen-bond acceptors (Lipinski definition) is 3. The molecule has 1 aliphatic heterocycles. The molecule has 2 aromatic rings. The minimum Gasteiger partial charge on any atom is -0.504 e. The molecule has 0 radical (unpaired) electrons. The van der Waals surface area contributed by atoms with E-state index >= 15 is 0 Å². The summed E-state index contributed by atoms with van der Waals surface area (Å²) in [5.41, 5.74) is 2.41. The molecule has 3 nitrogen and oxygen atoms in total. The second-order valence-corrected chi connectivity index (χ2v) is 7.18. The normalized spacial score (nSPS) is 20.9. The second-order valence-electron chi connectivity index (χ2n) is 6.74. The summed E-state index contributed by atoms with van der Waals surface area (Å²) >= 11 is 5.92. The summed E-state index contributed by atoms with van der Waals surface area (Å²) in [5, 5.41) is 23.4. The Hall–Kier alpha value is -1.71. The highest BCUT2D eigenvalue weighted by molar-refractivity contribution is 6.30. The Bertz CT molecular complexity index is 664. The number of nitrogens with one attached hydrogen (secondary N) is 1. The van der Waals surface area contributed by atoms with Crippen molar-refractivity contribution >= 4 is 11.6 Å². The van der Waals surface area contributed by atoms with Gasteiger partial charge in [-0.15, -0.1) is 0 Å². The highest BCUT2D eigenvalue weighted by Crippen LogP contribution is 2.27. The fraction of sp³-hybridized carbons (Fsp3) is 0.400. The van der Waals surface area contributed by atoms with Crippen molar-refractivity contribution in [3.8, 4) is 11.5 Å². The first-order chi connectivity index (χ1) is 11.6. The van der Waals surface area contributed by atoms with E-state index in [9.17, 15) is 10.2 Å².